The zero-order chi connectivity index (χ0) is 27.2. The lowest BCUT2D eigenvalue weighted by molar-refractivity contribution is -0.137. The number of pyridine rings is 1. The molecule has 1 aliphatic carbocycles. The van der Waals surface area contributed by atoms with Crippen molar-refractivity contribution in [3.8, 4) is 10.4 Å². The van der Waals surface area contributed by atoms with Crippen LogP contribution in [0.1, 0.15) is 91.1 Å². The molecular formula is C26H32F3N5O3S. The molecule has 38 heavy (non-hydrogen) atoms. The number of carbonyl (C=O) groups excluding carboxylic acids is 2. The van der Waals surface area contributed by atoms with E-state index in [1.807, 2.05) is 0 Å². The zero-order valence-corrected chi connectivity index (χ0v) is 22.2. The molecule has 2 aromatic heterocycles. The second kappa shape index (κ2) is 10.1. The van der Waals surface area contributed by atoms with Gasteiger partial charge in [0.05, 0.1) is 16.0 Å². The first-order valence-electron chi connectivity index (χ1n) is 13.1. The predicted octanol–water partition coefficient (Wildman–Crippen LogP) is 4.85. The van der Waals surface area contributed by atoms with Gasteiger partial charge in [0.25, 0.3) is 11.8 Å². The molecule has 2 amide bonds. The number of anilines is 1. The molecule has 2 saturated heterocycles. The van der Waals surface area contributed by atoms with E-state index in [1.54, 1.807) is 4.90 Å². The van der Waals surface area contributed by atoms with E-state index in [9.17, 15) is 27.9 Å². The van der Waals surface area contributed by atoms with Crippen molar-refractivity contribution in [2.24, 2.45) is 0 Å². The Bertz CT molecular complexity index is 1200. The number of nitrogens with one attached hydrogen (secondary N) is 2. The summed E-state index contributed by atoms with van der Waals surface area (Å²) in [5.74, 6) is -0.988. The van der Waals surface area contributed by atoms with Gasteiger partial charge in [0.1, 0.15) is 11.5 Å². The fraction of sp³-hybridized carbons (Fsp3) is 0.615. The number of halogens is 3. The topological polar surface area (TPSA) is 107 Å². The van der Waals surface area contributed by atoms with E-state index in [0.29, 0.717) is 0 Å². The summed E-state index contributed by atoms with van der Waals surface area (Å²) in [5, 5.41) is 15.5. The van der Waals surface area contributed by atoms with E-state index in [4.69, 9.17) is 0 Å². The van der Waals surface area contributed by atoms with Crippen LogP contribution in [0.5, 0.6) is 0 Å². The largest absolute Gasteiger partial charge is 0.417 e. The highest BCUT2D eigenvalue weighted by atomic mass is 32.1. The van der Waals surface area contributed by atoms with Crippen LogP contribution in [0, 0.1) is 0 Å². The summed E-state index contributed by atoms with van der Waals surface area (Å²) in [4.78, 5) is 36.8. The third-order valence-corrected chi connectivity index (χ3v) is 8.64. The van der Waals surface area contributed by atoms with Crippen molar-refractivity contribution < 1.29 is 27.9 Å². The molecule has 12 heteroatoms. The molecule has 2 aliphatic heterocycles. The number of hydrogen-bond donors (Lipinski definition) is 3. The Morgan fingerprint density at radius 2 is 1.74 bits per heavy atom. The second-order valence-corrected chi connectivity index (χ2v) is 12.1. The average molecular weight is 552 g/mol. The molecule has 206 valence electrons. The number of rotatable bonds is 7. The van der Waals surface area contributed by atoms with Gasteiger partial charge in [-0.25, -0.2) is 9.97 Å². The van der Waals surface area contributed by atoms with E-state index in [1.165, 1.54) is 13.8 Å². The maximum Gasteiger partial charge on any atom is 0.417 e. The molecule has 0 radical (unpaired) electrons. The van der Waals surface area contributed by atoms with E-state index in [0.717, 1.165) is 75.0 Å². The number of aliphatic hydroxyl groups is 1. The van der Waals surface area contributed by atoms with Gasteiger partial charge in [0.15, 0.2) is 5.01 Å². The van der Waals surface area contributed by atoms with E-state index in [2.05, 4.69) is 20.6 Å². The maximum atomic E-state index is 14.3. The third kappa shape index (κ3) is 5.51. The first kappa shape index (κ1) is 26.9. The van der Waals surface area contributed by atoms with E-state index in [-0.39, 0.29) is 51.6 Å². The van der Waals surface area contributed by atoms with Crippen LogP contribution in [0.4, 0.5) is 19.0 Å². The van der Waals surface area contributed by atoms with Crippen LogP contribution in [0.2, 0.25) is 0 Å². The van der Waals surface area contributed by atoms with Crippen LogP contribution in [-0.2, 0) is 6.18 Å². The molecule has 2 aromatic rings. The van der Waals surface area contributed by atoms with Gasteiger partial charge < -0.3 is 20.6 Å². The van der Waals surface area contributed by atoms with Crippen molar-refractivity contribution in [2.45, 2.75) is 95.1 Å². The Morgan fingerprint density at radius 1 is 1.11 bits per heavy atom. The Balaban J connectivity index is 1.55. The molecule has 8 nitrogen and oxygen atoms in total. The summed E-state index contributed by atoms with van der Waals surface area (Å²) in [6.07, 6.45) is 3.61. The first-order chi connectivity index (χ1) is 17.9. The number of amides is 2. The lowest BCUT2D eigenvalue weighted by Gasteiger charge is -2.22. The van der Waals surface area contributed by atoms with Crippen LogP contribution in [-0.4, -0.2) is 62.1 Å². The van der Waals surface area contributed by atoms with Gasteiger partial charge in [-0.15, -0.1) is 11.3 Å². The fourth-order valence-corrected chi connectivity index (χ4v) is 6.71. The highest BCUT2D eigenvalue weighted by molar-refractivity contribution is 7.17. The Morgan fingerprint density at radius 3 is 2.32 bits per heavy atom. The molecular weight excluding hydrogens is 519 g/mol. The number of fused-ring (bicyclic) bond motifs is 2. The molecule has 3 fully saturated rings. The first-order valence-corrected chi connectivity index (χ1v) is 13.9. The minimum absolute atomic E-state index is 0.0260. The minimum Gasteiger partial charge on any atom is -0.389 e. The highest BCUT2D eigenvalue weighted by Crippen LogP contribution is 2.44. The number of alkyl halides is 3. The van der Waals surface area contributed by atoms with Gasteiger partial charge >= 0.3 is 6.18 Å². The van der Waals surface area contributed by atoms with Crippen molar-refractivity contribution in [3.05, 3.63) is 28.5 Å². The standard InChI is InChI=1S/C26H32F3N5O3S/c1-25(2,37)13-31-22(35)23-33-20(24(36)34-15-7-8-16(34)10-9-15)21(38-23)17-12-30-19(11-18(17)26(27,28)29)32-14-5-3-4-6-14/h11-12,14-16,37H,3-10,13H2,1-2H3,(H,30,32)(H,31,35)/t15-,16-. The van der Waals surface area contributed by atoms with Gasteiger partial charge in [-0.3, -0.25) is 9.59 Å². The van der Waals surface area contributed by atoms with Gasteiger partial charge in [-0.1, -0.05) is 12.8 Å². The molecule has 3 N–H and O–H groups in total. The maximum absolute atomic E-state index is 14.3. The molecule has 5 rings (SSSR count). The smallest absolute Gasteiger partial charge is 0.389 e. The van der Waals surface area contributed by atoms with Gasteiger partial charge in [-0.2, -0.15) is 13.2 Å². The molecule has 1 saturated carbocycles. The van der Waals surface area contributed by atoms with Crippen molar-refractivity contribution in [3.63, 3.8) is 0 Å². The highest BCUT2D eigenvalue weighted by Gasteiger charge is 2.45. The van der Waals surface area contributed by atoms with Crippen LogP contribution < -0.4 is 10.6 Å². The Kier molecular flexibility index (Phi) is 7.14. The molecule has 0 aromatic carbocycles. The van der Waals surface area contributed by atoms with Gasteiger partial charge in [0.2, 0.25) is 0 Å². The van der Waals surface area contributed by atoms with E-state index >= 15 is 0 Å². The molecule has 2 bridgehead atoms. The summed E-state index contributed by atoms with van der Waals surface area (Å²) in [6, 6.07) is 1.13. The summed E-state index contributed by atoms with van der Waals surface area (Å²) < 4.78 is 43.0. The zero-order valence-electron chi connectivity index (χ0n) is 21.4. The monoisotopic (exact) mass is 551 g/mol. The van der Waals surface area contributed by atoms with Crippen LogP contribution in [0.15, 0.2) is 12.3 Å². The Labute approximate surface area is 223 Å². The number of hydrogen-bond acceptors (Lipinski definition) is 7. The number of aromatic nitrogens is 2. The van der Waals surface area contributed by atoms with Crippen molar-refractivity contribution in [1.29, 1.82) is 0 Å². The van der Waals surface area contributed by atoms with Gasteiger partial charge in [-0.05, 0) is 58.4 Å². The van der Waals surface area contributed by atoms with Crippen molar-refractivity contribution >= 4 is 29.0 Å². The third-order valence-electron chi connectivity index (χ3n) is 7.55. The molecule has 0 atom stereocenters. The van der Waals surface area contributed by atoms with Crippen molar-refractivity contribution in [2.75, 3.05) is 11.9 Å². The van der Waals surface area contributed by atoms with E-state index < -0.39 is 29.2 Å². The Hall–Kier alpha value is -2.73. The fourth-order valence-electron chi connectivity index (χ4n) is 5.71. The quantitative estimate of drug-likeness (QED) is 0.454. The lowest BCUT2D eigenvalue weighted by Crippen LogP contribution is -2.38. The summed E-state index contributed by atoms with van der Waals surface area (Å²) in [6.45, 7) is 2.94. The molecule has 0 unspecified atom stereocenters. The molecule has 0 spiro atoms. The summed E-state index contributed by atoms with van der Waals surface area (Å²) >= 11 is 0.738. The van der Waals surface area contributed by atoms with Crippen LogP contribution >= 0.6 is 11.3 Å². The number of thiazole rings is 1. The summed E-state index contributed by atoms with van der Waals surface area (Å²) in [7, 11) is 0. The number of carbonyl (C=O) groups is 2. The normalized spacial score (nSPS) is 21.8. The second-order valence-electron chi connectivity index (χ2n) is 11.1. The minimum atomic E-state index is -4.72. The van der Waals surface area contributed by atoms with Crippen molar-refractivity contribution in [1.82, 2.24) is 20.2 Å². The molecule has 4 heterocycles. The average Bonchev–Trinajstić information content (AvgIpc) is 3.65. The predicted molar refractivity (Wildman–Crippen MR) is 137 cm³/mol. The molecule has 3 aliphatic rings. The SMILES string of the molecule is CC(C)(O)CNC(=O)c1nc(C(=O)N2[C@H]3CC[C@H]2CC3)c(-c2cnc(NC3CCCC3)cc2C(F)(F)F)s1. The summed E-state index contributed by atoms with van der Waals surface area (Å²) in [5.41, 5.74) is -2.56. The number of nitrogens with zero attached hydrogens (tertiary/aromatic N) is 3. The van der Waals surface area contributed by atoms with Crippen LogP contribution in [0.25, 0.3) is 10.4 Å². The van der Waals surface area contributed by atoms with Gasteiger partial charge in [0, 0.05) is 36.4 Å². The lowest BCUT2D eigenvalue weighted by atomic mass is 10.0. The van der Waals surface area contributed by atoms with Crippen LogP contribution in [0.3, 0.4) is 0 Å².